The monoisotopic (exact) mass is 393 g/mol. The largest absolute Gasteiger partial charge is 0.484 e. The highest BCUT2D eigenvalue weighted by atomic mass is 32.2. The van der Waals surface area contributed by atoms with E-state index in [1.54, 1.807) is 23.1 Å². The van der Waals surface area contributed by atoms with E-state index >= 15 is 0 Å². The van der Waals surface area contributed by atoms with Crippen molar-refractivity contribution in [1.82, 2.24) is 4.90 Å². The quantitative estimate of drug-likeness (QED) is 0.696. The van der Waals surface area contributed by atoms with E-state index in [1.807, 2.05) is 13.8 Å². The molecule has 0 aliphatic carbocycles. The van der Waals surface area contributed by atoms with Crippen LogP contribution in [-0.2, 0) is 14.6 Å². The molecule has 2 aromatic rings. The minimum Gasteiger partial charge on any atom is -0.484 e. The molecule has 27 heavy (non-hydrogen) atoms. The van der Waals surface area contributed by atoms with Gasteiger partial charge in [-0.15, -0.1) is 0 Å². The lowest BCUT2D eigenvalue weighted by Gasteiger charge is -2.27. The number of hydrogen-bond acceptors (Lipinski definition) is 6. The molecule has 1 atom stereocenters. The molecule has 3 rings (SSSR count). The zero-order chi connectivity index (χ0) is 19.6. The van der Waals surface area contributed by atoms with Gasteiger partial charge in [0.1, 0.15) is 11.3 Å². The zero-order valence-electron chi connectivity index (χ0n) is 15.4. The van der Waals surface area contributed by atoms with E-state index in [-0.39, 0.29) is 30.1 Å². The van der Waals surface area contributed by atoms with Gasteiger partial charge in [-0.2, -0.15) is 0 Å². The molecule has 2 heterocycles. The van der Waals surface area contributed by atoms with Gasteiger partial charge in [-0.1, -0.05) is 6.92 Å². The molecule has 0 saturated carbocycles. The van der Waals surface area contributed by atoms with Gasteiger partial charge in [0.05, 0.1) is 11.5 Å². The summed E-state index contributed by atoms with van der Waals surface area (Å²) in [6, 6.07) is 6.21. The van der Waals surface area contributed by atoms with E-state index in [2.05, 4.69) is 0 Å². The number of ether oxygens (including phenoxy) is 1. The predicted molar refractivity (Wildman–Crippen MR) is 102 cm³/mol. The molecule has 1 amide bonds. The van der Waals surface area contributed by atoms with Crippen LogP contribution in [0.15, 0.2) is 33.5 Å². The van der Waals surface area contributed by atoms with Crippen LogP contribution in [0.3, 0.4) is 0 Å². The fourth-order valence-electron chi connectivity index (χ4n) is 3.40. The molecular formula is C19H23NO6S. The third-order valence-corrected chi connectivity index (χ3v) is 6.47. The van der Waals surface area contributed by atoms with Crippen LogP contribution in [0.2, 0.25) is 0 Å². The molecule has 146 valence electrons. The lowest BCUT2D eigenvalue weighted by molar-refractivity contribution is -0.135. The number of carbonyl (C=O) groups is 1. The molecule has 1 fully saturated rings. The average molecular weight is 393 g/mol. The van der Waals surface area contributed by atoms with Crippen LogP contribution in [0.1, 0.15) is 25.3 Å². The molecular weight excluding hydrogens is 370 g/mol. The molecule has 7 nitrogen and oxygen atoms in total. The normalized spacial score (nSPS) is 18.5. The molecule has 0 N–H and O–H groups in total. The highest BCUT2D eigenvalue weighted by Gasteiger charge is 2.34. The molecule has 0 spiro atoms. The molecule has 0 unspecified atom stereocenters. The Labute approximate surface area is 157 Å². The Hall–Kier alpha value is -2.35. The van der Waals surface area contributed by atoms with Crippen LogP contribution in [0.4, 0.5) is 0 Å². The minimum absolute atomic E-state index is 0.0130. The summed E-state index contributed by atoms with van der Waals surface area (Å²) in [5.74, 6) is 0.304. The van der Waals surface area contributed by atoms with Crippen molar-refractivity contribution in [2.24, 2.45) is 0 Å². The van der Waals surface area contributed by atoms with Gasteiger partial charge < -0.3 is 14.1 Å². The van der Waals surface area contributed by atoms with Gasteiger partial charge in [0.25, 0.3) is 5.91 Å². The van der Waals surface area contributed by atoms with E-state index in [0.29, 0.717) is 24.3 Å². The topological polar surface area (TPSA) is 93.9 Å². The molecule has 1 saturated heterocycles. The maximum atomic E-state index is 12.6. The first-order chi connectivity index (χ1) is 12.8. The summed E-state index contributed by atoms with van der Waals surface area (Å²) in [6.07, 6.45) is 1.21. The lowest BCUT2D eigenvalue weighted by atomic mass is 10.1. The third-order valence-electron chi connectivity index (χ3n) is 4.72. The number of sulfone groups is 1. The van der Waals surface area contributed by atoms with Crippen LogP contribution in [0.5, 0.6) is 5.75 Å². The second kappa shape index (κ2) is 7.72. The number of hydrogen-bond donors (Lipinski definition) is 0. The molecule has 0 bridgehead atoms. The van der Waals surface area contributed by atoms with Gasteiger partial charge in [0.2, 0.25) is 0 Å². The number of amides is 1. The van der Waals surface area contributed by atoms with E-state index < -0.39 is 15.5 Å². The van der Waals surface area contributed by atoms with Crippen molar-refractivity contribution in [2.45, 2.75) is 32.7 Å². The standard InChI is InChI=1S/C19H23NO6S/c1-3-7-20(14-6-8-27(23,24)12-14)18(21)11-25-15-4-5-16-13(2)9-19(22)26-17(16)10-15/h4-5,9-10,14H,3,6-8,11-12H2,1-2H3/t14-/m1/s1. The average Bonchev–Trinajstić information content (AvgIpc) is 2.96. The Bertz CT molecular complexity index is 1010. The van der Waals surface area contributed by atoms with E-state index in [9.17, 15) is 18.0 Å². The number of rotatable bonds is 6. The second-order valence-electron chi connectivity index (χ2n) is 6.84. The van der Waals surface area contributed by atoms with Crippen LogP contribution in [0, 0.1) is 6.92 Å². The molecule has 1 aromatic carbocycles. The molecule has 1 aliphatic heterocycles. The first kappa shape index (κ1) is 19.4. The van der Waals surface area contributed by atoms with Crippen LogP contribution >= 0.6 is 0 Å². The number of fused-ring (bicyclic) bond motifs is 1. The highest BCUT2D eigenvalue weighted by Crippen LogP contribution is 2.23. The van der Waals surface area contributed by atoms with Crippen LogP contribution in [0.25, 0.3) is 11.0 Å². The summed E-state index contributed by atoms with van der Waals surface area (Å²) < 4.78 is 34.2. The van der Waals surface area contributed by atoms with Crippen LogP contribution < -0.4 is 10.4 Å². The van der Waals surface area contributed by atoms with Crippen molar-refractivity contribution >= 4 is 26.7 Å². The van der Waals surface area contributed by atoms with Gasteiger partial charge in [-0.3, -0.25) is 4.79 Å². The Morgan fingerprint density at radius 1 is 1.33 bits per heavy atom. The summed E-state index contributed by atoms with van der Waals surface area (Å²) >= 11 is 0. The number of carbonyl (C=O) groups excluding carboxylic acids is 1. The van der Waals surface area contributed by atoms with Gasteiger partial charge in [0.15, 0.2) is 16.4 Å². The van der Waals surface area contributed by atoms with Gasteiger partial charge >= 0.3 is 5.63 Å². The number of nitrogens with zero attached hydrogens (tertiary/aromatic N) is 1. The van der Waals surface area contributed by atoms with Crippen molar-refractivity contribution in [3.05, 3.63) is 40.2 Å². The highest BCUT2D eigenvalue weighted by molar-refractivity contribution is 7.91. The molecule has 1 aliphatic rings. The summed E-state index contributed by atoms with van der Waals surface area (Å²) in [5.41, 5.74) is 0.766. The van der Waals surface area contributed by atoms with Crippen molar-refractivity contribution in [1.29, 1.82) is 0 Å². The van der Waals surface area contributed by atoms with Crippen molar-refractivity contribution in [3.8, 4) is 5.75 Å². The summed E-state index contributed by atoms with van der Waals surface area (Å²) in [4.78, 5) is 25.7. The first-order valence-corrected chi connectivity index (χ1v) is 10.8. The third kappa shape index (κ3) is 4.50. The SMILES string of the molecule is CCCN(C(=O)COc1ccc2c(C)cc(=O)oc2c1)[C@@H]1CCS(=O)(=O)C1. The fraction of sp³-hybridized carbons (Fsp3) is 0.474. The van der Waals surface area contributed by atoms with Gasteiger partial charge in [0, 0.05) is 30.1 Å². The molecule has 1 aromatic heterocycles. The zero-order valence-corrected chi connectivity index (χ0v) is 16.3. The summed E-state index contributed by atoms with van der Waals surface area (Å²) in [5, 5.41) is 0.803. The lowest BCUT2D eigenvalue weighted by Crippen LogP contribution is -2.44. The molecule has 8 heteroatoms. The Morgan fingerprint density at radius 3 is 2.78 bits per heavy atom. The minimum atomic E-state index is -3.07. The van der Waals surface area contributed by atoms with Gasteiger partial charge in [-0.25, -0.2) is 13.2 Å². The Morgan fingerprint density at radius 2 is 2.11 bits per heavy atom. The van der Waals surface area contributed by atoms with Crippen molar-refractivity contribution in [2.75, 3.05) is 24.7 Å². The van der Waals surface area contributed by atoms with E-state index in [4.69, 9.17) is 9.15 Å². The fourth-order valence-corrected chi connectivity index (χ4v) is 5.13. The number of benzene rings is 1. The maximum absolute atomic E-state index is 12.6. The Balaban J connectivity index is 1.71. The smallest absolute Gasteiger partial charge is 0.336 e. The summed E-state index contributed by atoms with van der Waals surface area (Å²) in [7, 11) is -3.07. The van der Waals surface area contributed by atoms with Crippen LogP contribution in [-0.4, -0.2) is 49.9 Å². The Kier molecular flexibility index (Phi) is 5.55. The van der Waals surface area contributed by atoms with Crippen molar-refractivity contribution in [3.63, 3.8) is 0 Å². The predicted octanol–water partition coefficient (Wildman–Crippen LogP) is 1.91. The first-order valence-electron chi connectivity index (χ1n) is 8.96. The van der Waals surface area contributed by atoms with E-state index in [1.165, 1.54) is 6.07 Å². The van der Waals surface area contributed by atoms with Gasteiger partial charge in [-0.05, 0) is 37.5 Å². The number of aryl methyl sites for hydroxylation is 1. The van der Waals surface area contributed by atoms with Crippen molar-refractivity contribution < 1.29 is 22.4 Å². The van der Waals surface area contributed by atoms with E-state index in [0.717, 1.165) is 17.4 Å². The maximum Gasteiger partial charge on any atom is 0.336 e. The molecule has 0 radical (unpaired) electrons. The summed E-state index contributed by atoms with van der Waals surface area (Å²) in [6.45, 7) is 4.06. The second-order valence-corrected chi connectivity index (χ2v) is 9.07.